The molecular formula is C73H39F12N7. The van der Waals surface area contributed by atoms with E-state index in [1.54, 1.807) is 182 Å². The van der Waals surface area contributed by atoms with Crippen LogP contribution < -0.4 is 0 Å². The lowest BCUT2D eigenvalue weighted by Crippen LogP contribution is -2.11. The lowest BCUT2D eigenvalue weighted by atomic mass is 10.0. The van der Waals surface area contributed by atoms with Crippen LogP contribution in [0.15, 0.2) is 237 Å². The van der Waals surface area contributed by atoms with Crippen molar-refractivity contribution < 1.29 is 52.7 Å². The Labute approximate surface area is 511 Å². The Morgan fingerprint density at radius 3 is 0.728 bits per heavy atom. The molecule has 16 aromatic rings. The van der Waals surface area contributed by atoms with E-state index in [-0.39, 0.29) is 73.4 Å². The Morgan fingerprint density at radius 2 is 0.457 bits per heavy atom. The summed E-state index contributed by atoms with van der Waals surface area (Å²) in [5, 5.41) is 3.82. The maximum atomic E-state index is 15.1. The van der Waals surface area contributed by atoms with Crippen molar-refractivity contribution in [3.05, 3.63) is 259 Å². The Hall–Kier alpha value is -11.2. The fourth-order valence-corrected chi connectivity index (χ4v) is 13.2. The summed E-state index contributed by atoms with van der Waals surface area (Å²) in [5.74, 6) is -0.420. The third-order valence-electron chi connectivity index (χ3n) is 17.1. The zero-order valence-electron chi connectivity index (χ0n) is 47.2. The molecule has 16 rings (SSSR count). The van der Waals surface area contributed by atoms with Gasteiger partial charge in [0.2, 0.25) is 0 Å². The largest absolute Gasteiger partial charge is 0.416 e. The van der Waals surface area contributed by atoms with Crippen LogP contribution in [0.25, 0.3) is 144 Å². The number of rotatable bonds is 7. The molecule has 0 aliphatic rings. The Kier molecular flexibility index (Phi) is 12.3. The van der Waals surface area contributed by atoms with Crippen molar-refractivity contribution in [3.63, 3.8) is 0 Å². The van der Waals surface area contributed by atoms with Gasteiger partial charge in [0.15, 0.2) is 17.5 Å². The summed E-state index contributed by atoms with van der Waals surface area (Å²) in [6, 6.07) is 59.6. The van der Waals surface area contributed by atoms with E-state index in [1.165, 1.54) is 24.3 Å². The zero-order valence-corrected chi connectivity index (χ0v) is 47.2. The summed E-state index contributed by atoms with van der Waals surface area (Å²) in [4.78, 5) is 16.0. The molecule has 0 aliphatic heterocycles. The van der Waals surface area contributed by atoms with Gasteiger partial charge in [0.25, 0.3) is 0 Å². The van der Waals surface area contributed by atoms with Crippen LogP contribution in [0.4, 0.5) is 52.7 Å². The summed E-state index contributed by atoms with van der Waals surface area (Å²) >= 11 is 0. The molecule has 0 N–H and O–H groups in total. The molecule has 5 heterocycles. The Bertz CT molecular complexity index is 5100. The van der Waals surface area contributed by atoms with Gasteiger partial charge in [-0.1, -0.05) is 140 Å². The maximum Gasteiger partial charge on any atom is 0.416 e. The van der Waals surface area contributed by atoms with Crippen LogP contribution in [-0.2, 0) is 24.7 Å². The number of aromatic nitrogens is 7. The number of nitrogens with zero attached hydrogens (tertiary/aromatic N) is 7. The van der Waals surface area contributed by atoms with Gasteiger partial charge in [0.1, 0.15) is 0 Å². The molecule has 0 radical (unpaired) electrons. The molecule has 0 unspecified atom stereocenters. The van der Waals surface area contributed by atoms with Crippen LogP contribution >= 0.6 is 0 Å². The lowest BCUT2D eigenvalue weighted by Gasteiger charge is -2.22. The van der Waals surface area contributed by atoms with Gasteiger partial charge in [-0.05, 0) is 97.1 Å². The molecule has 0 fully saturated rings. The first-order valence-electron chi connectivity index (χ1n) is 28.7. The fraction of sp³-hybridized carbons (Fsp3) is 0.0548. The van der Waals surface area contributed by atoms with Crippen molar-refractivity contribution in [2.75, 3.05) is 0 Å². The predicted octanol–water partition coefficient (Wildman–Crippen LogP) is 21.3. The van der Waals surface area contributed by atoms with Gasteiger partial charge in [0, 0.05) is 48.7 Å². The topological polar surface area (TPSA) is 58.4 Å². The van der Waals surface area contributed by atoms with Crippen molar-refractivity contribution >= 4 is 87.2 Å². The standard InChI is InChI=1S/C73H39F12N7/c74-70(75,76)41-28-32-49-45-16-4-8-20-53(45)89(61(49)36-41)57-24-12-25-58(90-54-21-9-5-17-46(54)50-33-29-42(37-62(50)90)71(77,78)79)65(57)68-86-67(40-14-2-1-3-15-40)87-69(88-68)66-59(91-55-22-10-6-18-47(55)51-34-30-43(38-63(51)91)72(80,81)82)26-13-27-60(66)92-56-23-11-7-19-48(56)52-35-31-44(39-64(52)92)73(83,84)85/h1-39H. The molecule has 0 spiro atoms. The van der Waals surface area contributed by atoms with Gasteiger partial charge in [-0.25, -0.2) is 15.0 Å². The van der Waals surface area contributed by atoms with Crippen molar-refractivity contribution in [1.82, 2.24) is 33.2 Å². The number of hydrogen-bond acceptors (Lipinski definition) is 3. The van der Waals surface area contributed by atoms with E-state index in [0.717, 1.165) is 48.5 Å². The lowest BCUT2D eigenvalue weighted by molar-refractivity contribution is -0.138. The molecule has 450 valence electrons. The first-order valence-corrected chi connectivity index (χ1v) is 28.7. The molecule has 7 nitrogen and oxygen atoms in total. The summed E-state index contributed by atoms with van der Waals surface area (Å²) in [5.41, 5.74) is -0.800. The molecule has 0 aliphatic carbocycles. The van der Waals surface area contributed by atoms with E-state index in [9.17, 15) is 0 Å². The van der Waals surface area contributed by atoms with Gasteiger partial charge < -0.3 is 18.3 Å². The number of fused-ring (bicyclic) bond motifs is 12. The second kappa shape index (κ2) is 20.1. The van der Waals surface area contributed by atoms with E-state index in [4.69, 9.17) is 15.0 Å². The highest BCUT2D eigenvalue weighted by Gasteiger charge is 2.37. The molecule has 0 saturated carbocycles. The van der Waals surface area contributed by atoms with Gasteiger partial charge in [0.05, 0.1) is 100 Å². The number of para-hydroxylation sites is 4. The van der Waals surface area contributed by atoms with Crippen molar-refractivity contribution in [2.24, 2.45) is 0 Å². The van der Waals surface area contributed by atoms with Crippen LogP contribution in [0.1, 0.15) is 22.3 Å². The van der Waals surface area contributed by atoms with Gasteiger partial charge in [-0.15, -0.1) is 0 Å². The van der Waals surface area contributed by atoms with Gasteiger partial charge in [-0.2, -0.15) is 52.7 Å². The van der Waals surface area contributed by atoms with Crippen LogP contribution in [0.3, 0.4) is 0 Å². The van der Waals surface area contributed by atoms with E-state index in [1.807, 2.05) is 0 Å². The van der Waals surface area contributed by atoms with Crippen LogP contribution in [-0.4, -0.2) is 33.2 Å². The number of benzene rings is 11. The average Bonchev–Trinajstić information content (AvgIpc) is 1.52. The van der Waals surface area contributed by atoms with E-state index < -0.39 is 47.0 Å². The van der Waals surface area contributed by atoms with Gasteiger partial charge in [-0.3, -0.25) is 0 Å². The molecule has 19 heteroatoms. The number of hydrogen-bond donors (Lipinski definition) is 0. The van der Waals surface area contributed by atoms with Crippen LogP contribution in [0.5, 0.6) is 0 Å². The predicted molar refractivity (Wildman–Crippen MR) is 333 cm³/mol. The molecule has 0 saturated heterocycles. The quantitative estimate of drug-likeness (QED) is 0.149. The first-order chi connectivity index (χ1) is 44.2. The molecule has 0 atom stereocenters. The van der Waals surface area contributed by atoms with Crippen molar-refractivity contribution in [1.29, 1.82) is 0 Å². The first kappa shape index (κ1) is 56.1. The minimum atomic E-state index is -4.83. The highest BCUT2D eigenvalue weighted by Crippen LogP contribution is 2.48. The smallest absolute Gasteiger partial charge is 0.308 e. The van der Waals surface area contributed by atoms with Gasteiger partial charge >= 0.3 is 24.7 Å². The maximum absolute atomic E-state index is 15.1. The second-order valence-corrected chi connectivity index (χ2v) is 22.3. The number of alkyl halides is 12. The molecule has 5 aromatic heterocycles. The van der Waals surface area contributed by atoms with E-state index in [2.05, 4.69) is 0 Å². The second-order valence-electron chi connectivity index (χ2n) is 22.3. The molecular weight excluding hydrogens is 1200 g/mol. The highest BCUT2D eigenvalue weighted by molar-refractivity contribution is 6.14. The fourth-order valence-electron chi connectivity index (χ4n) is 13.2. The monoisotopic (exact) mass is 1240 g/mol. The Morgan fingerprint density at radius 1 is 0.217 bits per heavy atom. The molecule has 0 amide bonds. The highest BCUT2D eigenvalue weighted by atomic mass is 19.4. The zero-order chi connectivity index (χ0) is 63.3. The summed E-state index contributed by atoms with van der Waals surface area (Å²) in [6.07, 6.45) is -19.3. The Balaban J connectivity index is 1.11. The third kappa shape index (κ3) is 8.80. The minimum absolute atomic E-state index is 0.0292. The molecule has 0 bridgehead atoms. The molecule has 92 heavy (non-hydrogen) atoms. The number of halogens is 12. The summed E-state index contributed by atoms with van der Waals surface area (Å²) in [6.45, 7) is 0. The summed E-state index contributed by atoms with van der Waals surface area (Å²) in [7, 11) is 0. The van der Waals surface area contributed by atoms with Crippen molar-refractivity contribution in [3.8, 4) is 56.9 Å². The summed E-state index contributed by atoms with van der Waals surface area (Å²) < 4.78 is 187. The van der Waals surface area contributed by atoms with Crippen LogP contribution in [0.2, 0.25) is 0 Å². The van der Waals surface area contributed by atoms with E-state index >= 15 is 52.7 Å². The SMILES string of the molecule is FC(F)(F)c1ccc2c3ccccc3n(-c3cccc(-n4c5ccccc5c5ccc(C(F)(F)F)cc54)c3-c3nc(-c4ccccc4)nc(-c4c(-n5c6ccccc6c6ccc(C(F)(F)F)cc65)cccc4-n4c5ccccc5c5ccc(C(F)(F)F)cc54)n3)c2c1. The minimum Gasteiger partial charge on any atom is -0.308 e. The normalized spacial score (nSPS) is 12.8. The third-order valence-corrected chi connectivity index (χ3v) is 17.1. The van der Waals surface area contributed by atoms with E-state index in [0.29, 0.717) is 70.7 Å². The molecule has 11 aromatic carbocycles. The average molecular weight is 1240 g/mol. The van der Waals surface area contributed by atoms with Crippen LogP contribution in [0, 0.1) is 0 Å². The van der Waals surface area contributed by atoms with Crippen molar-refractivity contribution in [2.45, 2.75) is 24.7 Å².